The lowest BCUT2D eigenvalue weighted by Crippen LogP contribution is -2.56. The molecule has 1 aliphatic carbocycles. The number of benzene rings is 3. The van der Waals surface area contributed by atoms with Gasteiger partial charge in [-0.25, -0.2) is 0 Å². The summed E-state index contributed by atoms with van der Waals surface area (Å²) < 4.78 is 14.3. The van der Waals surface area contributed by atoms with Gasteiger partial charge in [0.05, 0.1) is 6.61 Å². The molecule has 1 aromatic heterocycles. The molecule has 7 rings (SSSR count). The molecule has 0 N–H and O–H groups in total. The number of hydrogen-bond acceptors (Lipinski definition) is 5. The average Bonchev–Trinajstić information content (AvgIpc) is 3.72. The van der Waals surface area contributed by atoms with Crippen molar-refractivity contribution in [3.8, 4) is 11.5 Å². The lowest BCUT2D eigenvalue weighted by molar-refractivity contribution is 0.0664. The molecule has 3 aliphatic rings. The number of fused-ring (bicyclic) bond motifs is 6. The second kappa shape index (κ2) is 9.66. The third-order valence-electron chi connectivity index (χ3n) is 7.95. The number of aromatic nitrogens is 1. The van der Waals surface area contributed by atoms with Crippen LogP contribution in [0.2, 0.25) is 0 Å². The van der Waals surface area contributed by atoms with E-state index in [4.69, 9.17) is 9.47 Å². The fraction of sp³-hybridized carbons (Fsp3) is 0.250. The first-order valence-electron chi connectivity index (χ1n) is 13.4. The van der Waals surface area contributed by atoms with E-state index >= 15 is 0 Å². The lowest BCUT2D eigenvalue weighted by Gasteiger charge is -2.44. The molecular formula is C32H29N3O4. The summed E-state index contributed by atoms with van der Waals surface area (Å²) in [4.78, 5) is 29.1. The number of carbonyl (C=O) groups is 1. The van der Waals surface area contributed by atoms with Crippen molar-refractivity contribution in [2.24, 2.45) is 11.8 Å². The maximum atomic E-state index is 14.0. The number of para-hydroxylation sites is 1. The van der Waals surface area contributed by atoms with E-state index in [0.29, 0.717) is 31.7 Å². The highest BCUT2D eigenvalue weighted by Crippen LogP contribution is 2.43. The molecule has 0 spiro atoms. The summed E-state index contributed by atoms with van der Waals surface area (Å²) in [6, 6.07) is 29.2. The molecule has 0 saturated heterocycles. The molecule has 3 atom stereocenters. The van der Waals surface area contributed by atoms with Crippen LogP contribution in [-0.4, -0.2) is 35.3 Å². The second-order valence-corrected chi connectivity index (χ2v) is 10.5. The Balaban J connectivity index is 1.41. The number of rotatable bonds is 4. The van der Waals surface area contributed by atoms with Gasteiger partial charge in [-0.15, -0.1) is 0 Å². The predicted molar refractivity (Wildman–Crippen MR) is 147 cm³/mol. The van der Waals surface area contributed by atoms with E-state index in [9.17, 15) is 9.59 Å². The predicted octanol–water partition coefficient (Wildman–Crippen LogP) is 4.60. The number of carbonyl (C=O) groups excluding carboxylic acids is 1. The van der Waals surface area contributed by atoms with Crippen LogP contribution in [-0.2, 0) is 6.61 Å². The fourth-order valence-electron chi connectivity index (χ4n) is 5.79. The van der Waals surface area contributed by atoms with Gasteiger partial charge in [0.15, 0.2) is 11.4 Å². The topological polar surface area (TPSA) is 64.0 Å². The van der Waals surface area contributed by atoms with Crippen molar-refractivity contribution >= 4 is 5.91 Å². The summed E-state index contributed by atoms with van der Waals surface area (Å²) in [5, 5.41) is 2.14. The van der Waals surface area contributed by atoms with E-state index < -0.39 is 0 Å². The molecule has 39 heavy (non-hydrogen) atoms. The number of amides is 1. The molecule has 2 aliphatic heterocycles. The first-order chi connectivity index (χ1) is 19.2. The summed E-state index contributed by atoms with van der Waals surface area (Å²) in [7, 11) is 0. The SMILES string of the molecule is O=C1c2c(OCc3ccccc3)c(=O)ccn2N2CN1C[C@@H]1C[C@H]1COc1ccccc1[C@@H]2c1ccccc1. The zero-order chi connectivity index (χ0) is 26.3. The van der Waals surface area contributed by atoms with E-state index in [0.717, 1.165) is 28.9 Å². The summed E-state index contributed by atoms with van der Waals surface area (Å²) in [6.07, 6.45) is 2.72. The number of nitrogens with zero attached hydrogens (tertiary/aromatic N) is 3. The van der Waals surface area contributed by atoms with Gasteiger partial charge in [-0.05, 0) is 35.4 Å². The fourth-order valence-corrected chi connectivity index (χ4v) is 5.79. The molecule has 196 valence electrons. The normalized spacial score (nSPS) is 21.5. The summed E-state index contributed by atoms with van der Waals surface area (Å²) >= 11 is 0. The maximum absolute atomic E-state index is 14.0. The molecule has 0 unspecified atom stereocenters. The molecule has 1 fully saturated rings. The van der Waals surface area contributed by atoms with E-state index in [1.54, 1.807) is 6.20 Å². The number of ether oxygens (including phenoxy) is 2. The Morgan fingerprint density at radius 1 is 0.846 bits per heavy atom. The van der Waals surface area contributed by atoms with Gasteiger partial charge in [-0.2, -0.15) is 0 Å². The van der Waals surface area contributed by atoms with Crippen LogP contribution in [0, 0.1) is 11.8 Å². The van der Waals surface area contributed by atoms with Crippen molar-refractivity contribution in [1.29, 1.82) is 0 Å². The van der Waals surface area contributed by atoms with Crippen molar-refractivity contribution in [2.45, 2.75) is 19.1 Å². The zero-order valence-corrected chi connectivity index (χ0v) is 21.5. The minimum atomic E-state index is -0.305. The van der Waals surface area contributed by atoms with Gasteiger partial charge in [0.25, 0.3) is 5.91 Å². The van der Waals surface area contributed by atoms with Crippen LogP contribution in [0.1, 0.15) is 39.6 Å². The lowest BCUT2D eigenvalue weighted by atomic mass is 9.97. The maximum Gasteiger partial charge on any atom is 0.277 e. The average molecular weight is 520 g/mol. The van der Waals surface area contributed by atoms with Crippen LogP contribution in [0.15, 0.2) is 102 Å². The highest BCUT2D eigenvalue weighted by Gasteiger charge is 2.44. The third kappa shape index (κ3) is 4.34. The van der Waals surface area contributed by atoms with E-state index in [2.05, 4.69) is 23.2 Å². The quantitative estimate of drug-likeness (QED) is 0.395. The van der Waals surface area contributed by atoms with Gasteiger partial charge < -0.3 is 14.4 Å². The summed E-state index contributed by atoms with van der Waals surface area (Å²) in [5.74, 6) is 1.51. The number of pyridine rings is 1. The molecule has 4 aromatic rings. The van der Waals surface area contributed by atoms with Crippen LogP contribution < -0.4 is 19.9 Å². The largest absolute Gasteiger partial charge is 0.493 e. The van der Waals surface area contributed by atoms with Crippen LogP contribution in [0.4, 0.5) is 0 Å². The van der Waals surface area contributed by atoms with Crippen molar-refractivity contribution < 1.29 is 14.3 Å². The van der Waals surface area contributed by atoms with E-state index in [-0.39, 0.29) is 35.4 Å². The molecular weight excluding hydrogens is 490 g/mol. The standard InChI is InChI=1S/C32H29N3O4/c36-27-15-16-34-30(31(27)39-19-22-9-3-1-4-10-22)32(37)33-18-24-17-25(24)20-38-28-14-8-7-13-26(28)29(35(34)21-33)23-11-5-2-6-12-23/h1-16,24-25,29H,17-21H2/t24-,25-,29-/m0/s1. The number of hydrogen-bond donors (Lipinski definition) is 0. The minimum Gasteiger partial charge on any atom is -0.493 e. The smallest absolute Gasteiger partial charge is 0.277 e. The van der Waals surface area contributed by atoms with E-state index in [1.807, 2.05) is 76.3 Å². The van der Waals surface area contributed by atoms with Crippen LogP contribution in [0.3, 0.4) is 0 Å². The Morgan fingerprint density at radius 2 is 1.59 bits per heavy atom. The van der Waals surface area contributed by atoms with Gasteiger partial charge in [-0.1, -0.05) is 78.9 Å². The van der Waals surface area contributed by atoms with Crippen LogP contribution in [0.25, 0.3) is 0 Å². The van der Waals surface area contributed by atoms with E-state index in [1.165, 1.54) is 6.07 Å². The van der Waals surface area contributed by atoms with Crippen molar-refractivity contribution in [1.82, 2.24) is 9.58 Å². The Bertz CT molecular complexity index is 1570. The first kappa shape index (κ1) is 23.6. The Morgan fingerprint density at radius 3 is 2.41 bits per heavy atom. The molecule has 3 aromatic carbocycles. The first-order valence-corrected chi connectivity index (χ1v) is 13.4. The Labute approximate surface area is 226 Å². The summed E-state index contributed by atoms with van der Waals surface area (Å²) in [6.45, 7) is 1.82. The molecule has 1 amide bonds. The minimum absolute atomic E-state index is 0.0830. The molecule has 7 heteroatoms. The second-order valence-electron chi connectivity index (χ2n) is 10.5. The van der Waals surface area contributed by atoms with Gasteiger partial charge in [0.1, 0.15) is 25.1 Å². The third-order valence-corrected chi connectivity index (χ3v) is 7.95. The Kier molecular flexibility index (Phi) is 5.84. The van der Waals surface area contributed by atoms with Crippen molar-refractivity contribution in [3.05, 3.63) is 130 Å². The highest BCUT2D eigenvalue weighted by molar-refractivity contribution is 5.96. The molecule has 3 heterocycles. The van der Waals surface area contributed by atoms with Crippen LogP contribution in [0.5, 0.6) is 11.5 Å². The van der Waals surface area contributed by atoms with Crippen molar-refractivity contribution in [3.63, 3.8) is 0 Å². The molecule has 1 saturated carbocycles. The van der Waals surface area contributed by atoms with Gasteiger partial charge >= 0.3 is 0 Å². The molecule has 0 radical (unpaired) electrons. The van der Waals surface area contributed by atoms with Crippen LogP contribution >= 0.6 is 0 Å². The Hall–Kier alpha value is -4.52. The summed E-state index contributed by atoms with van der Waals surface area (Å²) in [5.41, 5.74) is 2.95. The van der Waals surface area contributed by atoms with Gasteiger partial charge in [0.2, 0.25) is 5.43 Å². The van der Waals surface area contributed by atoms with Gasteiger partial charge in [0, 0.05) is 24.4 Å². The van der Waals surface area contributed by atoms with Gasteiger partial charge in [-0.3, -0.25) is 19.3 Å². The van der Waals surface area contributed by atoms with Crippen molar-refractivity contribution in [2.75, 3.05) is 24.8 Å². The highest BCUT2D eigenvalue weighted by atomic mass is 16.5. The monoisotopic (exact) mass is 519 g/mol. The molecule has 2 bridgehead atoms. The molecule has 7 nitrogen and oxygen atoms in total. The zero-order valence-electron chi connectivity index (χ0n) is 21.5.